The number of rotatable bonds is 4. The zero-order valence-electron chi connectivity index (χ0n) is 15.7. The Labute approximate surface area is 162 Å². The minimum atomic E-state index is -0.136. The van der Waals surface area contributed by atoms with E-state index in [1.54, 1.807) is 16.8 Å². The second-order valence-corrected chi connectivity index (χ2v) is 6.75. The molecular formula is C22H20N4O2. The molecule has 0 saturated carbocycles. The Hall–Kier alpha value is -3.51. The van der Waals surface area contributed by atoms with Crippen LogP contribution in [0.25, 0.3) is 17.0 Å². The van der Waals surface area contributed by atoms with E-state index in [9.17, 15) is 9.90 Å². The summed E-state index contributed by atoms with van der Waals surface area (Å²) in [7, 11) is 0. The molecule has 140 valence electrons. The molecule has 1 amide bonds. The van der Waals surface area contributed by atoms with Gasteiger partial charge >= 0.3 is 0 Å². The zero-order valence-corrected chi connectivity index (χ0v) is 15.7. The molecule has 4 aromatic rings. The number of benzene rings is 2. The number of hydrogen-bond acceptors (Lipinski definition) is 4. The third kappa shape index (κ3) is 3.37. The van der Waals surface area contributed by atoms with Crippen LogP contribution in [0.3, 0.4) is 0 Å². The zero-order chi connectivity index (χ0) is 19.7. The molecule has 2 N–H and O–H groups in total. The summed E-state index contributed by atoms with van der Waals surface area (Å²) in [5.74, 6) is 0.417. The van der Waals surface area contributed by atoms with E-state index < -0.39 is 0 Å². The normalized spacial score (nSPS) is 11.0. The lowest BCUT2D eigenvalue weighted by Gasteiger charge is -2.11. The van der Waals surface area contributed by atoms with E-state index in [0.717, 1.165) is 28.1 Å². The smallest absolute Gasteiger partial charge is 0.255 e. The van der Waals surface area contributed by atoms with Gasteiger partial charge in [-0.15, -0.1) is 0 Å². The number of amides is 1. The van der Waals surface area contributed by atoms with E-state index in [1.807, 2.05) is 62.5 Å². The van der Waals surface area contributed by atoms with Crippen LogP contribution in [0.5, 0.6) is 0 Å². The van der Waals surface area contributed by atoms with E-state index in [2.05, 4.69) is 15.3 Å². The number of carbonyl (C=O) groups excluding carboxylic acids is 1. The van der Waals surface area contributed by atoms with Crippen molar-refractivity contribution in [1.29, 1.82) is 0 Å². The average Bonchev–Trinajstić information content (AvgIpc) is 3.13. The molecule has 0 saturated heterocycles. The lowest BCUT2D eigenvalue weighted by molar-refractivity contribution is 0.102. The van der Waals surface area contributed by atoms with E-state index in [0.29, 0.717) is 16.9 Å². The summed E-state index contributed by atoms with van der Waals surface area (Å²) in [6, 6.07) is 13.3. The molecule has 0 bridgehead atoms. The minimum absolute atomic E-state index is 0.0733. The molecule has 0 aliphatic rings. The third-order valence-electron chi connectivity index (χ3n) is 4.72. The van der Waals surface area contributed by atoms with Crippen LogP contribution in [0, 0.1) is 13.8 Å². The van der Waals surface area contributed by atoms with Crippen molar-refractivity contribution >= 4 is 17.4 Å². The predicted octanol–water partition coefficient (Wildman–Crippen LogP) is 3.76. The van der Waals surface area contributed by atoms with Crippen molar-refractivity contribution in [3.63, 3.8) is 0 Å². The molecule has 0 aliphatic heterocycles. The van der Waals surface area contributed by atoms with Gasteiger partial charge in [-0.2, -0.15) is 0 Å². The molecule has 2 aromatic carbocycles. The molecule has 0 unspecified atom stereocenters. The van der Waals surface area contributed by atoms with Crippen LogP contribution >= 0.6 is 0 Å². The van der Waals surface area contributed by atoms with Gasteiger partial charge in [0.2, 0.25) is 5.78 Å². The lowest BCUT2D eigenvalue weighted by Crippen LogP contribution is -2.14. The number of imidazole rings is 1. The van der Waals surface area contributed by atoms with Crippen LogP contribution in [0.4, 0.5) is 5.69 Å². The topological polar surface area (TPSA) is 79.5 Å². The molecule has 2 aromatic heterocycles. The molecule has 0 radical (unpaired) electrons. The van der Waals surface area contributed by atoms with Gasteiger partial charge in [0.05, 0.1) is 12.3 Å². The Morgan fingerprint density at radius 2 is 1.93 bits per heavy atom. The number of nitrogens with one attached hydrogen (secondary N) is 1. The first-order valence-corrected chi connectivity index (χ1v) is 8.97. The van der Waals surface area contributed by atoms with Gasteiger partial charge in [0, 0.05) is 41.0 Å². The Morgan fingerprint density at radius 3 is 2.71 bits per heavy atom. The quantitative estimate of drug-likeness (QED) is 0.572. The van der Waals surface area contributed by atoms with Crippen molar-refractivity contribution in [3.05, 3.63) is 83.3 Å². The van der Waals surface area contributed by atoms with Gasteiger partial charge in [-0.3, -0.25) is 9.20 Å². The van der Waals surface area contributed by atoms with Crippen LogP contribution in [0.1, 0.15) is 27.0 Å². The first-order valence-electron chi connectivity index (χ1n) is 8.97. The fourth-order valence-corrected chi connectivity index (χ4v) is 3.08. The van der Waals surface area contributed by atoms with Crippen LogP contribution in [0.2, 0.25) is 0 Å². The Morgan fingerprint density at radius 1 is 1.11 bits per heavy atom. The number of anilines is 1. The van der Waals surface area contributed by atoms with Crippen molar-refractivity contribution in [2.45, 2.75) is 20.5 Å². The summed E-state index contributed by atoms with van der Waals surface area (Å²) in [6.45, 7) is 3.80. The van der Waals surface area contributed by atoms with Gasteiger partial charge in [0.25, 0.3) is 5.91 Å². The van der Waals surface area contributed by atoms with Gasteiger partial charge in [-0.25, -0.2) is 9.97 Å². The van der Waals surface area contributed by atoms with E-state index in [1.165, 1.54) is 0 Å². The minimum Gasteiger partial charge on any atom is -0.392 e. The van der Waals surface area contributed by atoms with Crippen molar-refractivity contribution in [1.82, 2.24) is 14.4 Å². The number of hydrogen-bond donors (Lipinski definition) is 2. The molecule has 28 heavy (non-hydrogen) atoms. The third-order valence-corrected chi connectivity index (χ3v) is 4.72. The maximum atomic E-state index is 12.7. The lowest BCUT2D eigenvalue weighted by atomic mass is 10.1. The number of nitrogens with zero attached hydrogens (tertiary/aromatic N) is 3. The predicted molar refractivity (Wildman–Crippen MR) is 108 cm³/mol. The summed E-state index contributed by atoms with van der Waals surface area (Å²) < 4.78 is 1.78. The van der Waals surface area contributed by atoms with Crippen molar-refractivity contribution in [3.8, 4) is 11.3 Å². The SMILES string of the molecule is Cc1ccc(-c2cn3cc(CO)cnc3n2)cc1NC(=O)c1ccccc1C. The van der Waals surface area contributed by atoms with Crippen LogP contribution in [0.15, 0.2) is 61.1 Å². The number of fused-ring (bicyclic) bond motifs is 1. The highest BCUT2D eigenvalue weighted by Gasteiger charge is 2.12. The maximum absolute atomic E-state index is 12.7. The average molecular weight is 372 g/mol. The first-order chi connectivity index (χ1) is 13.5. The van der Waals surface area contributed by atoms with Crippen LogP contribution < -0.4 is 5.32 Å². The molecule has 0 aliphatic carbocycles. The summed E-state index contributed by atoms with van der Waals surface area (Å²) in [4.78, 5) is 21.5. The van der Waals surface area contributed by atoms with Crippen molar-refractivity contribution in [2.75, 3.05) is 5.32 Å². The second-order valence-electron chi connectivity index (χ2n) is 6.75. The number of aliphatic hydroxyl groups excluding tert-OH is 1. The van der Waals surface area contributed by atoms with E-state index in [-0.39, 0.29) is 12.5 Å². The Balaban J connectivity index is 1.67. The number of aliphatic hydroxyl groups is 1. The molecule has 2 heterocycles. The monoisotopic (exact) mass is 372 g/mol. The van der Waals surface area contributed by atoms with Gasteiger partial charge in [0.15, 0.2) is 0 Å². The summed E-state index contributed by atoms with van der Waals surface area (Å²) in [5.41, 5.74) is 5.63. The molecular weight excluding hydrogens is 352 g/mol. The molecule has 4 rings (SSSR count). The molecule has 6 nitrogen and oxygen atoms in total. The van der Waals surface area contributed by atoms with Crippen LogP contribution in [-0.4, -0.2) is 25.4 Å². The fourth-order valence-electron chi connectivity index (χ4n) is 3.08. The van der Waals surface area contributed by atoms with Crippen LogP contribution in [-0.2, 0) is 6.61 Å². The largest absolute Gasteiger partial charge is 0.392 e. The summed E-state index contributed by atoms with van der Waals surface area (Å²) >= 11 is 0. The molecule has 0 atom stereocenters. The van der Waals surface area contributed by atoms with Gasteiger partial charge in [-0.05, 0) is 37.1 Å². The highest BCUT2D eigenvalue weighted by Crippen LogP contribution is 2.26. The number of aromatic nitrogens is 3. The molecule has 0 fully saturated rings. The standard InChI is InChI=1S/C22H20N4O2/c1-14-5-3-4-6-18(14)21(28)24-19-9-17(8-7-15(19)2)20-12-26-11-16(13-27)10-23-22(26)25-20/h3-12,27H,13H2,1-2H3,(H,24,28). The second kappa shape index (κ2) is 7.25. The first kappa shape index (κ1) is 17.9. The Bertz CT molecular complexity index is 1180. The maximum Gasteiger partial charge on any atom is 0.255 e. The summed E-state index contributed by atoms with van der Waals surface area (Å²) in [6.07, 6.45) is 5.27. The molecule has 6 heteroatoms. The summed E-state index contributed by atoms with van der Waals surface area (Å²) in [5, 5.41) is 12.3. The van der Waals surface area contributed by atoms with E-state index in [4.69, 9.17) is 0 Å². The highest BCUT2D eigenvalue weighted by molar-refractivity contribution is 6.05. The van der Waals surface area contributed by atoms with Crippen molar-refractivity contribution in [2.24, 2.45) is 0 Å². The number of aryl methyl sites for hydroxylation is 2. The molecule has 0 spiro atoms. The number of carbonyl (C=O) groups is 1. The van der Waals surface area contributed by atoms with Gasteiger partial charge < -0.3 is 10.4 Å². The highest BCUT2D eigenvalue weighted by atomic mass is 16.3. The van der Waals surface area contributed by atoms with E-state index >= 15 is 0 Å². The van der Waals surface area contributed by atoms with Gasteiger partial charge in [-0.1, -0.05) is 30.3 Å². The van der Waals surface area contributed by atoms with Crippen molar-refractivity contribution < 1.29 is 9.90 Å². The Kier molecular flexibility index (Phi) is 4.63. The van der Waals surface area contributed by atoms with Gasteiger partial charge in [0.1, 0.15) is 0 Å². The fraction of sp³-hybridized carbons (Fsp3) is 0.136.